The van der Waals surface area contributed by atoms with E-state index in [0.29, 0.717) is 48.4 Å². The number of phenols is 1. The molecule has 0 amide bonds. The van der Waals surface area contributed by atoms with Crippen LogP contribution in [0.3, 0.4) is 0 Å². The maximum atomic E-state index is 12.4. The van der Waals surface area contributed by atoms with Crippen LogP contribution >= 0.6 is 0 Å². The van der Waals surface area contributed by atoms with E-state index in [2.05, 4.69) is 4.90 Å². The van der Waals surface area contributed by atoms with E-state index < -0.39 is 31.0 Å². The number of hydrogen-bond donors (Lipinski definition) is 2. The van der Waals surface area contributed by atoms with E-state index in [0.717, 1.165) is 28.1 Å². The molecule has 1 aliphatic carbocycles. The quantitative estimate of drug-likeness (QED) is 0.0974. The topological polar surface area (TPSA) is 155 Å². The Kier molecular flexibility index (Phi) is 11.8. The van der Waals surface area contributed by atoms with Crippen molar-refractivity contribution in [2.75, 3.05) is 24.2 Å². The first kappa shape index (κ1) is 38.6. The summed E-state index contributed by atoms with van der Waals surface area (Å²) in [6.45, 7) is 7.83. The average Bonchev–Trinajstić information content (AvgIpc) is 3.10. The Bertz CT molecular complexity index is 2360. The summed E-state index contributed by atoms with van der Waals surface area (Å²) in [5.41, 5.74) is 6.46. The van der Waals surface area contributed by atoms with E-state index in [1.165, 1.54) is 30.5 Å². The Hall–Kier alpha value is -4.66. The zero-order chi connectivity index (χ0) is 37.8. The summed E-state index contributed by atoms with van der Waals surface area (Å²) >= 11 is -2.66. The third-order valence-electron chi connectivity index (χ3n) is 8.70. The summed E-state index contributed by atoms with van der Waals surface area (Å²) in [5, 5.41) is 10.2. The molecule has 13 heteroatoms. The molecule has 0 spiro atoms. The predicted molar refractivity (Wildman–Crippen MR) is 203 cm³/mol. The minimum absolute atomic E-state index is 0.0617. The zero-order valence-electron chi connectivity index (χ0n) is 29.2. The molecule has 0 aliphatic heterocycles. The monoisotopic (exact) mass is 760 g/mol. The van der Waals surface area contributed by atoms with Gasteiger partial charge >= 0.3 is 0 Å². The van der Waals surface area contributed by atoms with Gasteiger partial charge in [0.2, 0.25) is 0 Å². The summed E-state index contributed by atoms with van der Waals surface area (Å²) in [5.74, 6) is -0.182. The highest BCUT2D eigenvalue weighted by Crippen LogP contribution is 2.35. The molecule has 4 aromatic carbocycles. The third kappa shape index (κ3) is 9.22. The molecule has 4 aromatic rings. The minimum Gasteiger partial charge on any atom is -0.768 e. The molecule has 0 aromatic heterocycles. The van der Waals surface area contributed by atoms with Gasteiger partial charge in [0.15, 0.2) is 22.1 Å². The molecular formula is C39H40N2O8S3. The lowest BCUT2D eigenvalue weighted by Crippen LogP contribution is -2.22. The molecular weight excluding hydrogens is 721 g/mol. The normalized spacial score (nSPS) is 13.7. The molecule has 1 unspecified atom stereocenters. The van der Waals surface area contributed by atoms with E-state index in [4.69, 9.17) is 0 Å². The van der Waals surface area contributed by atoms with Gasteiger partial charge in [-0.05, 0) is 138 Å². The predicted octanol–water partition coefficient (Wildman–Crippen LogP) is 6.22. The highest BCUT2D eigenvalue weighted by Gasteiger charge is 2.20. The van der Waals surface area contributed by atoms with E-state index in [9.17, 15) is 35.3 Å². The maximum absolute atomic E-state index is 12.4. The molecule has 5 rings (SSSR count). The number of nitrogens with zero attached hydrogens (tertiary/aromatic N) is 2. The molecule has 52 heavy (non-hydrogen) atoms. The van der Waals surface area contributed by atoms with Crippen LogP contribution in [-0.4, -0.2) is 64.9 Å². The van der Waals surface area contributed by atoms with Crippen LogP contribution in [0.2, 0.25) is 0 Å². The zero-order valence-corrected chi connectivity index (χ0v) is 31.6. The van der Waals surface area contributed by atoms with Crippen molar-refractivity contribution in [2.24, 2.45) is 0 Å². The first-order chi connectivity index (χ1) is 24.6. The van der Waals surface area contributed by atoms with Gasteiger partial charge in [0.05, 0.1) is 9.79 Å². The molecule has 0 radical (unpaired) electrons. The maximum Gasteiger partial charge on any atom is 0.294 e. The van der Waals surface area contributed by atoms with Crippen LogP contribution in [0, 0.1) is 6.92 Å². The van der Waals surface area contributed by atoms with E-state index in [1.807, 2.05) is 79.1 Å². The number of aromatic hydroxyl groups is 1. The van der Waals surface area contributed by atoms with Gasteiger partial charge in [-0.2, -0.15) is 8.42 Å². The van der Waals surface area contributed by atoms with E-state index in [1.54, 1.807) is 31.2 Å². The van der Waals surface area contributed by atoms with Gasteiger partial charge in [-0.1, -0.05) is 24.3 Å². The van der Waals surface area contributed by atoms with Crippen LogP contribution in [0.1, 0.15) is 41.7 Å². The standard InChI is InChI=1S/C39H40N2O8S3/c1-5-40(25-28-8-7-9-35(22-28)51(4,45)46)32-14-10-30(11-15-32)39(37-19-18-34(42)24-38(37)50(43)44)31-12-16-33(17-13-31)41(6-2)26-29-20-27(3)21-36(23-29)52(47,48)49/h7-24H,5-6,25-26H2,1-4H3,(H2,43,44,47,48,49). The lowest BCUT2D eigenvalue weighted by molar-refractivity contribution is -0.539. The first-order valence-electron chi connectivity index (χ1n) is 16.4. The molecule has 272 valence electrons. The molecule has 0 saturated heterocycles. The Balaban J connectivity index is 1.54. The molecule has 0 fully saturated rings. The summed E-state index contributed by atoms with van der Waals surface area (Å²) < 4.78 is 84.4. The molecule has 2 N–H and O–H groups in total. The summed E-state index contributed by atoms with van der Waals surface area (Å²) in [6, 6.07) is 23.5. The molecule has 0 bridgehead atoms. The van der Waals surface area contributed by atoms with Crippen LogP contribution in [0.15, 0.2) is 129 Å². The lowest BCUT2D eigenvalue weighted by Gasteiger charge is -2.24. The second kappa shape index (κ2) is 15.9. The number of phenolic OH excluding ortho intramolecular Hbond substituents is 1. The minimum atomic E-state index is -4.37. The first-order valence-corrected chi connectivity index (χ1v) is 20.9. The Morgan fingerprint density at radius 1 is 0.846 bits per heavy atom. The Morgan fingerprint density at radius 2 is 1.52 bits per heavy atom. The Morgan fingerprint density at radius 3 is 2.12 bits per heavy atom. The van der Waals surface area contributed by atoms with Crippen molar-refractivity contribution in [1.29, 1.82) is 0 Å². The summed E-state index contributed by atoms with van der Waals surface area (Å²) in [4.78, 5) is 2.13. The highest BCUT2D eigenvalue weighted by atomic mass is 32.2. The molecule has 1 aliphatic rings. The van der Waals surface area contributed by atoms with Crippen molar-refractivity contribution >= 4 is 48.0 Å². The number of aryl methyl sites for hydroxylation is 1. The van der Waals surface area contributed by atoms with E-state index in [-0.39, 0.29) is 20.4 Å². The van der Waals surface area contributed by atoms with Crippen molar-refractivity contribution in [3.63, 3.8) is 0 Å². The SMILES string of the molecule is CCN(Cc1cccc(S(C)(=O)=O)c1)c1ccc(C(=C2C=CC(=[N+](CC)Cc3cc(C)cc(S(=O)(=O)O)c3)C=C2)c2ccc(O)cc2S(=O)[O-])cc1. The number of allylic oxidation sites excluding steroid dienone is 5. The number of benzene rings is 4. The lowest BCUT2D eigenvalue weighted by atomic mass is 9.90. The Labute approximate surface area is 307 Å². The number of hydrogen-bond acceptors (Lipinski definition) is 8. The van der Waals surface area contributed by atoms with Crippen molar-refractivity contribution in [3.8, 4) is 5.75 Å². The van der Waals surface area contributed by atoms with Gasteiger partial charge < -0.3 is 14.6 Å². The smallest absolute Gasteiger partial charge is 0.294 e. The van der Waals surface area contributed by atoms with Crippen LogP contribution in [-0.2, 0) is 44.1 Å². The van der Waals surface area contributed by atoms with Crippen LogP contribution in [0.5, 0.6) is 5.75 Å². The van der Waals surface area contributed by atoms with E-state index >= 15 is 0 Å². The van der Waals surface area contributed by atoms with Crippen molar-refractivity contribution in [1.82, 2.24) is 0 Å². The van der Waals surface area contributed by atoms with Crippen LogP contribution in [0.4, 0.5) is 5.69 Å². The molecule has 0 saturated carbocycles. The van der Waals surface area contributed by atoms with Gasteiger partial charge in [-0.15, -0.1) is 0 Å². The highest BCUT2D eigenvalue weighted by molar-refractivity contribution is 7.90. The fraction of sp³-hybridized carbons (Fsp3) is 0.205. The van der Waals surface area contributed by atoms with Gasteiger partial charge in [0.25, 0.3) is 10.1 Å². The van der Waals surface area contributed by atoms with Crippen molar-refractivity contribution in [2.45, 2.75) is 48.5 Å². The number of rotatable bonds is 12. The van der Waals surface area contributed by atoms with Gasteiger partial charge in [-0.3, -0.25) is 8.76 Å². The second-order valence-corrected chi connectivity index (χ2v) is 16.8. The molecule has 10 nitrogen and oxygen atoms in total. The van der Waals surface area contributed by atoms with Crippen LogP contribution in [0.25, 0.3) is 5.57 Å². The summed E-state index contributed by atoms with van der Waals surface area (Å²) in [6.07, 6.45) is 8.77. The van der Waals surface area contributed by atoms with Crippen molar-refractivity contribution in [3.05, 3.63) is 143 Å². The van der Waals surface area contributed by atoms with Crippen molar-refractivity contribution < 1.29 is 39.8 Å². The number of sulfone groups is 1. The van der Waals surface area contributed by atoms with Gasteiger partial charge in [-0.25, -0.2) is 13.0 Å². The fourth-order valence-electron chi connectivity index (χ4n) is 6.16. The third-order valence-corrected chi connectivity index (χ3v) is 11.3. The molecule has 1 atom stereocenters. The van der Waals surface area contributed by atoms with Crippen LogP contribution < -0.4 is 4.90 Å². The number of anilines is 1. The fourth-order valence-corrected chi connectivity index (χ4v) is 8.06. The largest absolute Gasteiger partial charge is 0.768 e. The second-order valence-electron chi connectivity index (χ2n) is 12.5. The van der Waals surface area contributed by atoms with Gasteiger partial charge in [0.1, 0.15) is 12.3 Å². The molecule has 0 heterocycles. The average molecular weight is 761 g/mol. The summed E-state index contributed by atoms with van der Waals surface area (Å²) in [7, 11) is -7.73. The van der Waals surface area contributed by atoms with Gasteiger partial charge in [0, 0.05) is 47.6 Å².